The van der Waals surface area contributed by atoms with Crippen molar-refractivity contribution in [1.29, 1.82) is 0 Å². The standard InChI is InChI=1S/C35H70O/c1-3-5-6-7-8-9-10-11-12-13-14-15-16-17-18-19-20-21-22-23-24-25-26-27-28-29-30-31-32-33-34-35(36)4-2/h3-34H2,1-2H3. The lowest BCUT2D eigenvalue weighted by Gasteiger charge is -2.04. The number of rotatable bonds is 32. The molecule has 1 nitrogen and oxygen atoms in total. The Morgan fingerprint density at radius 1 is 0.306 bits per heavy atom. The van der Waals surface area contributed by atoms with Crippen LogP contribution in [0.4, 0.5) is 0 Å². The molecule has 0 fully saturated rings. The summed E-state index contributed by atoms with van der Waals surface area (Å²) in [5.74, 6) is 0.440. The molecule has 1 heteroatoms. The molecule has 0 N–H and O–H groups in total. The first-order valence-corrected chi connectivity index (χ1v) is 17.3. The summed E-state index contributed by atoms with van der Waals surface area (Å²) in [6.07, 6.45) is 44.7. The summed E-state index contributed by atoms with van der Waals surface area (Å²) in [5.41, 5.74) is 0. The molecule has 0 aromatic heterocycles. The Morgan fingerprint density at radius 2 is 0.500 bits per heavy atom. The molecule has 0 aromatic rings. The third-order valence-electron chi connectivity index (χ3n) is 8.20. The molecule has 0 aliphatic rings. The fourth-order valence-corrected chi connectivity index (χ4v) is 5.52. The Kier molecular flexibility index (Phi) is 32.4. The summed E-state index contributed by atoms with van der Waals surface area (Å²) in [7, 11) is 0. The van der Waals surface area contributed by atoms with E-state index in [1.807, 2.05) is 6.92 Å². The van der Waals surface area contributed by atoms with Crippen LogP contribution in [0.2, 0.25) is 0 Å². The Hall–Kier alpha value is -0.330. The van der Waals surface area contributed by atoms with Gasteiger partial charge in [-0.2, -0.15) is 0 Å². The second-order valence-corrected chi connectivity index (χ2v) is 11.9. The predicted octanol–water partition coefficient (Wildman–Crippen LogP) is 13.1. The second-order valence-electron chi connectivity index (χ2n) is 11.9. The SMILES string of the molecule is CCCCCCCCCCCCCCCCCCCCCCCCCCCCCCCCC(=O)CC. The summed E-state index contributed by atoms with van der Waals surface area (Å²) >= 11 is 0. The van der Waals surface area contributed by atoms with Gasteiger partial charge in [-0.05, 0) is 6.42 Å². The van der Waals surface area contributed by atoms with Crippen molar-refractivity contribution in [3.05, 3.63) is 0 Å². The molecule has 0 rings (SSSR count). The zero-order valence-corrected chi connectivity index (χ0v) is 25.5. The van der Waals surface area contributed by atoms with Crippen LogP contribution in [-0.2, 0) is 4.79 Å². The van der Waals surface area contributed by atoms with Crippen molar-refractivity contribution in [2.24, 2.45) is 0 Å². The maximum atomic E-state index is 11.3. The number of hydrogen-bond donors (Lipinski definition) is 0. The highest BCUT2D eigenvalue weighted by Gasteiger charge is 1.99. The summed E-state index contributed by atoms with van der Waals surface area (Å²) in [6, 6.07) is 0. The van der Waals surface area contributed by atoms with Crippen molar-refractivity contribution < 1.29 is 4.79 Å². The molecule has 0 heterocycles. The van der Waals surface area contributed by atoms with Gasteiger partial charge in [-0.1, -0.05) is 200 Å². The van der Waals surface area contributed by atoms with E-state index < -0.39 is 0 Å². The van der Waals surface area contributed by atoms with Crippen molar-refractivity contribution in [3.8, 4) is 0 Å². The van der Waals surface area contributed by atoms with E-state index >= 15 is 0 Å². The largest absolute Gasteiger partial charge is 0.300 e. The van der Waals surface area contributed by atoms with Crippen LogP contribution in [0.5, 0.6) is 0 Å². The van der Waals surface area contributed by atoms with Gasteiger partial charge in [0, 0.05) is 12.8 Å². The number of carbonyl (C=O) groups is 1. The minimum Gasteiger partial charge on any atom is -0.300 e. The smallest absolute Gasteiger partial charge is 0.132 e. The molecule has 0 aromatic carbocycles. The third kappa shape index (κ3) is 31.7. The molecule has 0 radical (unpaired) electrons. The molecule has 0 spiro atoms. The van der Waals surface area contributed by atoms with E-state index in [-0.39, 0.29) is 0 Å². The fraction of sp³-hybridized carbons (Fsp3) is 0.971. The van der Waals surface area contributed by atoms with E-state index in [1.54, 1.807) is 0 Å². The lowest BCUT2D eigenvalue weighted by Crippen LogP contribution is -1.94. The van der Waals surface area contributed by atoms with Gasteiger partial charge in [0.2, 0.25) is 0 Å². The van der Waals surface area contributed by atoms with Gasteiger partial charge in [-0.3, -0.25) is 4.79 Å². The van der Waals surface area contributed by atoms with E-state index in [0.717, 1.165) is 19.3 Å². The van der Waals surface area contributed by atoms with Crippen LogP contribution < -0.4 is 0 Å². The first-order chi connectivity index (χ1) is 17.8. The van der Waals surface area contributed by atoms with Crippen LogP contribution in [0.25, 0.3) is 0 Å². The monoisotopic (exact) mass is 507 g/mol. The average molecular weight is 507 g/mol. The summed E-state index contributed by atoms with van der Waals surface area (Å²) < 4.78 is 0. The van der Waals surface area contributed by atoms with Crippen LogP contribution in [0.3, 0.4) is 0 Å². The topological polar surface area (TPSA) is 17.1 Å². The molecule has 0 aliphatic carbocycles. The highest BCUT2D eigenvalue weighted by molar-refractivity contribution is 5.77. The van der Waals surface area contributed by atoms with Gasteiger partial charge < -0.3 is 0 Å². The van der Waals surface area contributed by atoms with Crippen molar-refractivity contribution in [2.45, 2.75) is 219 Å². The molecule has 0 saturated heterocycles. The highest BCUT2D eigenvalue weighted by Crippen LogP contribution is 2.16. The molecule has 216 valence electrons. The van der Waals surface area contributed by atoms with Crippen LogP contribution in [0.15, 0.2) is 0 Å². The van der Waals surface area contributed by atoms with Crippen molar-refractivity contribution in [1.82, 2.24) is 0 Å². The Balaban J connectivity index is 3.03. The molecule has 0 bridgehead atoms. The van der Waals surface area contributed by atoms with Crippen molar-refractivity contribution in [3.63, 3.8) is 0 Å². The fourth-order valence-electron chi connectivity index (χ4n) is 5.52. The molecule has 0 atom stereocenters. The predicted molar refractivity (Wildman–Crippen MR) is 164 cm³/mol. The first kappa shape index (κ1) is 35.7. The lowest BCUT2D eigenvalue weighted by atomic mass is 10.0. The van der Waals surface area contributed by atoms with Crippen LogP contribution in [-0.4, -0.2) is 5.78 Å². The van der Waals surface area contributed by atoms with E-state index in [4.69, 9.17) is 0 Å². The third-order valence-corrected chi connectivity index (χ3v) is 8.20. The van der Waals surface area contributed by atoms with Gasteiger partial charge >= 0.3 is 0 Å². The molecular formula is C35H70O. The van der Waals surface area contributed by atoms with Gasteiger partial charge in [0.25, 0.3) is 0 Å². The normalized spacial score (nSPS) is 11.4. The van der Waals surface area contributed by atoms with Gasteiger partial charge in [-0.25, -0.2) is 0 Å². The zero-order valence-electron chi connectivity index (χ0n) is 25.5. The van der Waals surface area contributed by atoms with Crippen molar-refractivity contribution >= 4 is 5.78 Å². The van der Waals surface area contributed by atoms with Crippen LogP contribution in [0, 0.1) is 0 Å². The van der Waals surface area contributed by atoms with E-state index in [9.17, 15) is 4.79 Å². The zero-order chi connectivity index (χ0) is 26.2. The maximum Gasteiger partial charge on any atom is 0.132 e. The van der Waals surface area contributed by atoms with E-state index in [1.165, 1.54) is 186 Å². The quantitative estimate of drug-likeness (QED) is 0.0829. The summed E-state index contributed by atoms with van der Waals surface area (Å²) in [6.45, 7) is 4.28. The number of carbonyl (C=O) groups excluding carboxylic acids is 1. The Labute approximate surface area is 229 Å². The van der Waals surface area contributed by atoms with Gasteiger partial charge in [-0.15, -0.1) is 0 Å². The highest BCUT2D eigenvalue weighted by atomic mass is 16.1. The van der Waals surface area contributed by atoms with Crippen molar-refractivity contribution in [2.75, 3.05) is 0 Å². The molecule has 0 amide bonds. The minimum absolute atomic E-state index is 0.440. The van der Waals surface area contributed by atoms with Crippen LogP contribution in [0.1, 0.15) is 219 Å². The minimum atomic E-state index is 0.440. The molecule has 36 heavy (non-hydrogen) atoms. The van der Waals surface area contributed by atoms with Gasteiger partial charge in [0.15, 0.2) is 0 Å². The number of ketones is 1. The van der Waals surface area contributed by atoms with Crippen LogP contribution >= 0.6 is 0 Å². The molecule has 0 aliphatic heterocycles. The summed E-state index contributed by atoms with van der Waals surface area (Å²) in [4.78, 5) is 11.3. The molecule has 0 saturated carbocycles. The number of hydrogen-bond acceptors (Lipinski definition) is 1. The Bertz CT molecular complexity index is 401. The van der Waals surface area contributed by atoms with Gasteiger partial charge in [0.1, 0.15) is 5.78 Å². The average Bonchev–Trinajstić information content (AvgIpc) is 2.89. The molecule has 0 unspecified atom stereocenters. The lowest BCUT2D eigenvalue weighted by molar-refractivity contribution is -0.118. The Morgan fingerprint density at radius 3 is 0.694 bits per heavy atom. The molecular weight excluding hydrogens is 436 g/mol. The number of Topliss-reactive ketones (excluding diaryl/α,β-unsaturated/α-hetero) is 1. The van der Waals surface area contributed by atoms with E-state index in [0.29, 0.717) is 5.78 Å². The van der Waals surface area contributed by atoms with E-state index in [2.05, 4.69) is 6.92 Å². The van der Waals surface area contributed by atoms with Gasteiger partial charge in [0.05, 0.1) is 0 Å². The summed E-state index contributed by atoms with van der Waals surface area (Å²) in [5, 5.41) is 0. The number of unbranched alkanes of at least 4 members (excludes halogenated alkanes) is 29. The first-order valence-electron chi connectivity index (χ1n) is 17.3. The maximum absolute atomic E-state index is 11.3. The second kappa shape index (κ2) is 32.7.